The number of hydrogen-bond acceptors (Lipinski definition) is 2. The van der Waals surface area contributed by atoms with E-state index in [0.717, 1.165) is 31.5 Å². The number of piperidine rings is 1. The van der Waals surface area contributed by atoms with Gasteiger partial charge in [0.1, 0.15) is 5.82 Å². The second-order valence-corrected chi connectivity index (χ2v) is 6.30. The number of likely N-dealkylation sites (tertiary alicyclic amines) is 1. The summed E-state index contributed by atoms with van der Waals surface area (Å²) in [6.07, 6.45) is 4.87. The van der Waals surface area contributed by atoms with E-state index in [9.17, 15) is 4.39 Å². The van der Waals surface area contributed by atoms with Crippen LogP contribution in [0.25, 0.3) is 0 Å². The van der Waals surface area contributed by atoms with Crippen molar-refractivity contribution in [1.82, 2.24) is 4.90 Å². The lowest BCUT2D eigenvalue weighted by Gasteiger charge is -2.33. The molecule has 0 bridgehead atoms. The molecule has 0 N–H and O–H groups in total. The predicted octanol–water partition coefficient (Wildman–Crippen LogP) is 3.12. The molecule has 110 valence electrons. The third kappa shape index (κ3) is 3.80. The highest BCUT2D eigenvalue weighted by molar-refractivity contribution is 5.16. The van der Waals surface area contributed by atoms with Crippen LogP contribution in [0.5, 0.6) is 0 Å². The van der Waals surface area contributed by atoms with Gasteiger partial charge in [0, 0.05) is 13.2 Å². The largest absolute Gasteiger partial charge is 0.381 e. The van der Waals surface area contributed by atoms with Gasteiger partial charge in [-0.05, 0) is 68.3 Å². The Morgan fingerprint density at radius 1 is 1.05 bits per heavy atom. The third-order valence-electron chi connectivity index (χ3n) is 4.69. The lowest BCUT2D eigenvalue weighted by atomic mass is 9.90. The smallest absolute Gasteiger partial charge is 0.123 e. The van der Waals surface area contributed by atoms with Crippen molar-refractivity contribution in [2.24, 2.45) is 11.8 Å². The van der Waals surface area contributed by atoms with Crippen LogP contribution in [0.3, 0.4) is 0 Å². The van der Waals surface area contributed by atoms with Gasteiger partial charge in [-0.3, -0.25) is 0 Å². The van der Waals surface area contributed by atoms with E-state index in [1.165, 1.54) is 44.5 Å². The first kappa shape index (κ1) is 14.0. The summed E-state index contributed by atoms with van der Waals surface area (Å²) >= 11 is 0. The van der Waals surface area contributed by atoms with Gasteiger partial charge in [-0.15, -0.1) is 0 Å². The molecule has 3 heteroatoms. The fourth-order valence-electron chi connectivity index (χ4n) is 3.42. The van der Waals surface area contributed by atoms with Crippen molar-refractivity contribution < 1.29 is 9.13 Å². The molecule has 2 fully saturated rings. The standard InChI is InChI=1S/C17H24FNO/c18-17-3-1-14(2-4-17)11-15-5-8-19(9-6-15)12-16-7-10-20-13-16/h1-4,15-16H,5-13H2/t16-/m1/s1. The van der Waals surface area contributed by atoms with Gasteiger partial charge in [0.2, 0.25) is 0 Å². The minimum Gasteiger partial charge on any atom is -0.381 e. The van der Waals surface area contributed by atoms with Crippen LogP contribution >= 0.6 is 0 Å². The highest BCUT2D eigenvalue weighted by Crippen LogP contribution is 2.23. The Balaban J connectivity index is 1.42. The summed E-state index contributed by atoms with van der Waals surface area (Å²) in [6, 6.07) is 7.00. The van der Waals surface area contributed by atoms with Crippen LogP contribution in [-0.4, -0.2) is 37.7 Å². The Hall–Kier alpha value is -0.930. The molecule has 0 amide bonds. The molecule has 2 aliphatic rings. The van der Waals surface area contributed by atoms with Crippen molar-refractivity contribution in [3.05, 3.63) is 35.6 Å². The van der Waals surface area contributed by atoms with E-state index in [0.29, 0.717) is 0 Å². The fourth-order valence-corrected chi connectivity index (χ4v) is 3.42. The molecule has 1 atom stereocenters. The first-order valence-electron chi connectivity index (χ1n) is 7.84. The van der Waals surface area contributed by atoms with Gasteiger partial charge in [-0.2, -0.15) is 0 Å². The monoisotopic (exact) mass is 277 g/mol. The molecule has 0 saturated carbocycles. The average molecular weight is 277 g/mol. The molecular weight excluding hydrogens is 253 g/mol. The molecule has 0 unspecified atom stereocenters. The van der Waals surface area contributed by atoms with Gasteiger partial charge in [0.15, 0.2) is 0 Å². The third-order valence-corrected chi connectivity index (χ3v) is 4.69. The maximum absolute atomic E-state index is 12.9. The van der Waals surface area contributed by atoms with Crippen molar-refractivity contribution >= 4 is 0 Å². The van der Waals surface area contributed by atoms with E-state index in [4.69, 9.17) is 4.74 Å². The molecule has 2 heterocycles. The summed E-state index contributed by atoms with van der Waals surface area (Å²) in [7, 11) is 0. The molecule has 0 aliphatic carbocycles. The quantitative estimate of drug-likeness (QED) is 0.838. The Kier molecular flexibility index (Phi) is 4.69. The lowest BCUT2D eigenvalue weighted by molar-refractivity contribution is 0.141. The van der Waals surface area contributed by atoms with Gasteiger partial charge in [-0.1, -0.05) is 12.1 Å². The van der Waals surface area contributed by atoms with Crippen molar-refractivity contribution in [3.63, 3.8) is 0 Å². The molecule has 20 heavy (non-hydrogen) atoms. The van der Waals surface area contributed by atoms with Gasteiger partial charge < -0.3 is 9.64 Å². The summed E-state index contributed by atoms with van der Waals surface area (Å²) < 4.78 is 18.3. The van der Waals surface area contributed by atoms with Crippen LogP contribution in [0.2, 0.25) is 0 Å². The zero-order valence-corrected chi connectivity index (χ0v) is 12.1. The molecule has 0 spiro atoms. The molecule has 2 nitrogen and oxygen atoms in total. The maximum Gasteiger partial charge on any atom is 0.123 e. The molecule has 0 aromatic heterocycles. The minimum absolute atomic E-state index is 0.137. The molecular formula is C17H24FNO. The van der Waals surface area contributed by atoms with Crippen molar-refractivity contribution in [1.29, 1.82) is 0 Å². The first-order chi connectivity index (χ1) is 9.79. The number of halogens is 1. The number of hydrogen-bond donors (Lipinski definition) is 0. The Morgan fingerprint density at radius 2 is 1.80 bits per heavy atom. The Bertz CT molecular complexity index is 406. The van der Waals surface area contributed by atoms with E-state index in [1.54, 1.807) is 12.1 Å². The summed E-state index contributed by atoms with van der Waals surface area (Å²) in [6.45, 7) is 5.54. The van der Waals surface area contributed by atoms with Crippen molar-refractivity contribution in [2.75, 3.05) is 32.8 Å². The minimum atomic E-state index is -0.137. The van der Waals surface area contributed by atoms with E-state index in [2.05, 4.69) is 4.90 Å². The van der Waals surface area contributed by atoms with Crippen LogP contribution in [0.1, 0.15) is 24.8 Å². The van der Waals surface area contributed by atoms with E-state index in [1.807, 2.05) is 12.1 Å². The van der Waals surface area contributed by atoms with Gasteiger partial charge in [-0.25, -0.2) is 4.39 Å². The van der Waals surface area contributed by atoms with Crippen LogP contribution in [0.4, 0.5) is 4.39 Å². The van der Waals surface area contributed by atoms with E-state index < -0.39 is 0 Å². The SMILES string of the molecule is Fc1ccc(CC2CCN(C[C@H]3CCOC3)CC2)cc1. The molecule has 3 rings (SSSR count). The second-order valence-electron chi connectivity index (χ2n) is 6.30. The number of benzene rings is 1. The number of ether oxygens (including phenoxy) is 1. The second kappa shape index (κ2) is 6.68. The van der Waals surface area contributed by atoms with Crippen molar-refractivity contribution in [2.45, 2.75) is 25.7 Å². The molecule has 2 saturated heterocycles. The lowest BCUT2D eigenvalue weighted by Crippen LogP contribution is -2.37. The number of nitrogens with zero attached hydrogens (tertiary/aromatic N) is 1. The van der Waals surface area contributed by atoms with Gasteiger partial charge in [0.25, 0.3) is 0 Å². The fraction of sp³-hybridized carbons (Fsp3) is 0.647. The maximum atomic E-state index is 12.9. The predicted molar refractivity (Wildman–Crippen MR) is 78.2 cm³/mol. The summed E-state index contributed by atoms with van der Waals surface area (Å²) in [5.74, 6) is 1.38. The Labute approximate surface area is 120 Å². The summed E-state index contributed by atoms with van der Waals surface area (Å²) in [5, 5.41) is 0. The highest BCUT2D eigenvalue weighted by atomic mass is 19.1. The molecule has 1 aromatic rings. The van der Waals surface area contributed by atoms with Crippen LogP contribution in [-0.2, 0) is 11.2 Å². The van der Waals surface area contributed by atoms with Crippen LogP contribution in [0.15, 0.2) is 24.3 Å². The van der Waals surface area contributed by atoms with Gasteiger partial charge >= 0.3 is 0 Å². The Morgan fingerprint density at radius 3 is 2.45 bits per heavy atom. The zero-order chi connectivity index (χ0) is 13.8. The van der Waals surface area contributed by atoms with E-state index in [-0.39, 0.29) is 5.82 Å². The van der Waals surface area contributed by atoms with Gasteiger partial charge in [0.05, 0.1) is 6.61 Å². The number of rotatable bonds is 4. The summed E-state index contributed by atoms with van der Waals surface area (Å²) in [4.78, 5) is 2.60. The first-order valence-corrected chi connectivity index (χ1v) is 7.84. The molecule has 0 radical (unpaired) electrons. The average Bonchev–Trinajstić information content (AvgIpc) is 2.96. The topological polar surface area (TPSA) is 12.5 Å². The van der Waals surface area contributed by atoms with Crippen molar-refractivity contribution in [3.8, 4) is 0 Å². The molecule has 2 aliphatic heterocycles. The normalized spacial score (nSPS) is 25.1. The van der Waals surface area contributed by atoms with Crippen LogP contribution < -0.4 is 0 Å². The summed E-state index contributed by atoms with van der Waals surface area (Å²) in [5.41, 5.74) is 1.27. The van der Waals surface area contributed by atoms with Crippen LogP contribution in [0, 0.1) is 17.7 Å². The van der Waals surface area contributed by atoms with E-state index >= 15 is 0 Å². The molecule has 1 aromatic carbocycles. The zero-order valence-electron chi connectivity index (χ0n) is 12.1. The highest BCUT2D eigenvalue weighted by Gasteiger charge is 2.23.